The normalized spacial score (nSPS) is 17.5. The Balaban J connectivity index is 1.49. The van der Waals surface area contributed by atoms with Gasteiger partial charge in [-0.05, 0) is 74.6 Å². The third-order valence-corrected chi connectivity index (χ3v) is 5.96. The Kier molecular flexibility index (Phi) is 5.31. The van der Waals surface area contributed by atoms with Gasteiger partial charge >= 0.3 is 0 Å². The molecular weight excluding hydrogens is 373 g/mol. The molecule has 4 rings (SSSR count). The number of hydrogen-bond donors (Lipinski definition) is 1. The van der Waals surface area contributed by atoms with E-state index in [2.05, 4.69) is 5.32 Å². The molecule has 2 aliphatic rings. The second-order valence-corrected chi connectivity index (χ2v) is 8.24. The molecule has 0 radical (unpaired) electrons. The summed E-state index contributed by atoms with van der Waals surface area (Å²) in [4.78, 5) is 22.2. The Labute approximate surface area is 168 Å². The molecule has 0 aromatic heterocycles. The minimum Gasteiger partial charge on any atom is -0.325 e. The van der Waals surface area contributed by atoms with Gasteiger partial charge in [0, 0.05) is 11.3 Å². The highest BCUT2D eigenvalue weighted by Crippen LogP contribution is 2.40. The minimum atomic E-state index is -0.390. The summed E-state index contributed by atoms with van der Waals surface area (Å²) < 4.78 is 13.3. The maximum atomic E-state index is 13.3. The van der Waals surface area contributed by atoms with Gasteiger partial charge in [0.15, 0.2) is 5.66 Å². The SMILES string of the molecule is Cc1cccc(NC(=O)CSC2=NC3(CCCC3)N=C2c2ccc(F)cc2)c1. The van der Waals surface area contributed by atoms with Crippen LogP contribution in [-0.4, -0.2) is 28.1 Å². The Morgan fingerprint density at radius 2 is 1.89 bits per heavy atom. The van der Waals surface area contributed by atoms with Crippen LogP contribution in [0.1, 0.15) is 36.8 Å². The van der Waals surface area contributed by atoms with Crippen molar-refractivity contribution in [2.75, 3.05) is 11.1 Å². The van der Waals surface area contributed by atoms with Crippen LogP contribution in [0.2, 0.25) is 0 Å². The number of rotatable bonds is 4. The van der Waals surface area contributed by atoms with Crippen molar-refractivity contribution in [3.63, 3.8) is 0 Å². The third kappa shape index (κ3) is 4.17. The van der Waals surface area contributed by atoms with Crippen LogP contribution in [0.3, 0.4) is 0 Å². The van der Waals surface area contributed by atoms with E-state index in [1.807, 2.05) is 31.2 Å². The second kappa shape index (κ2) is 7.87. The number of anilines is 1. The number of nitrogens with zero attached hydrogens (tertiary/aromatic N) is 2. The van der Waals surface area contributed by atoms with Crippen LogP contribution in [-0.2, 0) is 4.79 Å². The molecule has 0 unspecified atom stereocenters. The van der Waals surface area contributed by atoms with E-state index >= 15 is 0 Å². The summed E-state index contributed by atoms with van der Waals surface area (Å²) in [5.74, 6) is -0.103. The van der Waals surface area contributed by atoms with Crippen LogP contribution in [0, 0.1) is 12.7 Å². The molecule has 6 heteroatoms. The summed E-state index contributed by atoms with van der Waals surface area (Å²) in [7, 11) is 0. The van der Waals surface area contributed by atoms with Crippen LogP contribution in [0.25, 0.3) is 0 Å². The first-order valence-corrected chi connectivity index (χ1v) is 10.5. The van der Waals surface area contributed by atoms with Gasteiger partial charge in [-0.15, -0.1) is 0 Å². The minimum absolute atomic E-state index is 0.0795. The van der Waals surface area contributed by atoms with Crippen molar-refractivity contribution >= 4 is 34.1 Å². The lowest BCUT2D eigenvalue weighted by Crippen LogP contribution is -2.17. The lowest BCUT2D eigenvalue weighted by atomic mass is 10.1. The number of aryl methyl sites for hydroxylation is 1. The van der Waals surface area contributed by atoms with Gasteiger partial charge in [0.1, 0.15) is 10.9 Å². The van der Waals surface area contributed by atoms with Gasteiger partial charge in [-0.25, -0.2) is 9.38 Å². The molecule has 1 aliphatic carbocycles. The first kappa shape index (κ1) is 18.9. The van der Waals surface area contributed by atoms with Gasteiger partial charge in [-0.3, -0.25) is 9.79 Å². The van der Waals surface area contributed by atoms with Crippen molar-refractivity contribution in [1.29, 1.82) is 0 Å². The molecule has 2 aromatic rings. The molecule has 1 saturated carbocycles. The number of halogens is 1. The molecular formula is C22H22FN3OS. The fraction of sp³-hybridized carbons (Fsp3) is 0.318. The molecule has 144 valence electrons. The zero-order valence-corrected chi connectivity index (χ0v) is 16.6. The van der Waals surface area contributed by atoms with Crippen molar-refractivity contribution in [3.05, 3.63) is 65.5 Å². The zero-order chi connectivity index (χ0) is 19.6. The van der Waals surface area contributed by atoms with Gasteiger partial charge in [0.25, 0.3) is 0 Å². The van der Waals surface area contributed by atoms with Crippen LogP contribution < -0.4 is 5.32 Å². The van der Waals surface area contributed by atoms with Crippen molar-refractivity contribution in [1.82, 2.24) is 0 Å². The number of aliphatic imine (C=N–C) groups is 2. The highest BCUT2D eigenvalue weighted by molar-refractivity contribution is 8.16. The summed E-state index contributed by atoms with van der Waals surface area (Å²) >= 11 is 1.40. The third-order valence-electron chi connectivity index (χ3n) is 5.00. The zero-order valence-electron chi connectivity index (χ0n) is 15.7. The van der Waals surface area contributed by atoms with E-state index in [1.165, 1.54) is 23.9 Å². The van der Waals surface area contributed by atoms with E-state index in [9.17, 15) is 9.18 Å². The second-order valence-electron chi connectivity index (χ2n) is 7.28. The van der Waals surface area contributed by atoms with E-state index in [-0.39, 0.29) is 23.1 Å². The highest BCUT2D eigenvalue weighted by Gasteiger charge is 2.39. The number of hydrogen-bond acceptors (Lipinski definition) is 4. The first-order valence-electron chi connectivity index (χ1n) is 9.48. The maximum absolute atomic E-state index is 13.3. The molecule has 0 bridgehead atoms. The largest absolute Gasteiger partial charge is 0.325 e. The summed E-state index contributed by atoms with van der Waals surface area (Å²) in [6.45, 7) is 1.99. The number of carbonyl (C=O) groups is 1. The Hall–Kier alpha value is -2.47. The van der Waals surface area contributed by atoms with Gasteiger partial charge in [-0.2, -0.15) is 0 Å². The average molecular weight is 396 g/mol. The summed E-state index contributed by atoms with van der Waals surface area (Å²) in [5, 5.41) is 3.70. The molecule has 4 nitrogen and oxygen atoms in total. The molecule has 0 atom stereocenters. The monoisotopic (exact) mass is 395 g/mol. The van der Waals surface area contributed by atoms with Gasteiger partial charge < -0.3 is 5.32 Å². The predicted octanol–water partition coefficient (Wildman–Crippen LogP) is 4.98. The van der Waals surface area contributed by atoms with Gasteiger partial charge in [0.05, 0.1) is 11.5 Å². The van der Waals surface area contributed by atoms with Crippen LogP contribution in [0.15, 0.2) is 58.5 Å². The number of thioether (sulfide) groups is 1. The molecule has 1 aliphatic heterocycles. The lowest BCUT2D eigenvalue weighted by molar-refractivity contribution is -0.113. The van der Waals surface area contributed by atoms with Gasteiger partial charge in [-0.1, -0.05) is 23.9 Å². The molecule has 2 aromatic carbocycles. The first-order chi connectivity index (χ1) is 13.5. The Morgan fingerprint density at radius 3 is 2.61 bits per heavy atom. The quantitative estimate of drug-likeness (QED) is 0.794. The molecule has 28 heavy (non-hydrogen) atoms. The van der Waals surface area contributed by atoms with E-state index < -0.39 is 0 Å². The van der Waals surface area contributed by atoms with Crippen LogP contribution in [0.4, 0.5) is 10.1 Å². The predicted molar refractivity (Wildman–Crippen MR) is 114 cm³/mol. The molecule has 0 saturated heterocycles. The summed E-state index contributed by atoms with van der Waals surface area (Å²) in [5.41, 5.74) is 3.11. The van der Waals surface area contributed by atoms with Crippen molar-refractivity contribution in [3.8, 4) is 0 Å². The molecule has 1 amide bonds. The van der Waals surface area contributed by atoms with E-state index in [0.29, 0.717) is 0 Å². The van der Waals surface area contributed by atoms with Crippen LogP contribution >= 0.6 is 11.8 Å². The van der Waals surface area contributed by atoms with E-state index in [0.717, 1.165) is 53.3 Å². The van der Waals surface area contributed by atoms with Crippen molar-refractivity contribution in [2.45, 2.75) is 38.3 Å². The molecule has 1 N–H and O–H groups in total. The number of nitrogens with one attached hydrogen (secondary N) is 1. The fourth-order valence-electron chi connectivity index (χ4n) is 3.64. The Bertz CT molecular complexity index is 947. The lowest BCUT2D eigenvalue weighted by Gasteiger charge is -2.14. The molecule has 1 heterocycles. The molecule has 1 fully saturated rings. The smallest absolute Gasteiger partial charge is 0.234 e. The van der Waals surface area contributed by atoms with Crippen molar-refractivity contribution in [2.24, 2.45) is 9.98 Å². The fourth-order valence-corrected chi connectivity index (χ4v) is 4.51. The van der Waals surface area contributed by atoms with Crippen molar-refractivity contribution < 1.29 is 9.18 Å². The summed E-state index contributed by atoms with van der Waals surface area (Å²) in [6.07, 6.45) is 4.07. The Morgan fingerprint density at radius 1 is 1.14 bits per heavy atom. The number of benzene rings is 2. The maximum Gasteiger partial charge on any atom is 0.234 e. The van der Waals surface area contributed by atoms with E-state index in [4.69, 9.17) is 9.98 Å². The topological polar surface area (TPSA) is 53.8 Å². The average Bonchev–Trinajstić information content (AvgIpc) is 3.28. The standard InChI is InChI=1S/C22H22FN3OS/c1-15-5-4-6-18(13-15)24-19(27)14-28-21-20(16-7-9-17(23)10-8-16)25-22(26-21)11-2-3-12-22/h4-10,13H,2-3,11-12,14H2,1H3,(H,24,27). The number of carbonyl (C=O) groups excluding carboxylic acids is 1. The van der Waals surface area contributed by atoms with Gasteiger partial charge in [0.2, 0.25) is 5.91 Å². The highest BCUT2D eigenvalue weighted by atomic mass is 32.2. The van der Waals surface area contributed by atoms with E-state index in [1.54, 1.807) is 12.1 Å². The summed E-state index contributed by atoms with van der Waals surface area (Å²) in [6, 6.07) is 14.0. The van der Waals surface area contributed by atoms with Crippen LogP contribution in [0.5, 0.6) is 0 Å². The molecule has 1 spiro atoms. The number of amides is 1.